The second-order valence-electron chi connectivity index (χ2n) is 4.87. The molecule has 0 radical (unpaired) electrons. The van der Waals surface area contributed by atoms with Crippen molar-refractivity contribution in [3.8, 4) is 0 Å². The van der Waals surface area contributed by atoms with Crippen LogP contribution in [0.1, 0.15) is 26.2 Å². The van der Waals surface area contributed by atoms with Crippen molar-refractivity contribution in [3.05, 3.63) is 0 Å². The van der Waals surface area contributed by atoms with Gasteiger partial charge in [-0.25, -0.2) is 0 Å². The minimum atomic E-state index is 0.729. The lowest BCUT2D eigenvalue weighted by atomic mass is 10.1. The molecule has 1 N–H and O–H groups in total. The zero-order valence-electron chi connectivity index (χ0n) is 10.6. The first-order valence-electron chi connectivity index (χ1n) is 6.33. The van der Waals surface area contributed by atoms with Gasteiger partial charge in [-0.15, -0.1) is 0 Å². The van der Waals surface area contributed by atoms with Gasteiger partial charge >= 0.3 is 0 Å². The molecule has 1 aliphatic rings. The highest BCUT2D eigenvalue weighted by molar-refractivity contribution is 4.77. The van der Waals surface area contributed by atoms with Crippen molar-refractivity contribution in [1.29, 1.82) is 0 Å². The summed E-state index contributed by atoms with van der Waals surface area (Å²) >= 11 is 0. The Kier molecular flexibility index (Phi) is 6.22. The van der Waals surface area contributed by atoms with Crippen LogP contribution in [0.5, 0.6) is 0 Å². The molecule has 1 aliphatic heterocycles. The Balaban J connectivity index is 2.05. The normalized spacial score (nSPS) is 23.6. The maximum atomic E-state index is 3.56. The van der Waals surface area contributed by atoms with Crippen LogP contribution in [-0.4, -0.2) is 62.7 Å². The van der Waals surface area contributed by atoms with Crippen molar-refractivity contribution in [1.82, 2.24) is 15.1 Å². The standard InChI is InChI=1S/C12H27N3/c1-4-12-11-15(10-7-13-12)9-6-5-8-14(2)3/h12-13H,4-11H2,1-3H3. The molecule has 0 spiro atoms. The lowest BCUT2D eigenvalue weighted by Crippen LogP contribution is -2.50. The minimum Gasteiger partial charge on any atom is -0.311 e. The number of piperazine rings is 1. The molecule has 1 heterocycles. The first-order valence-corrected chi connectivity index (χ1v) is 6.33. The van der Waals surface area contributed by atoms with Gasteiger partial charge in [0, 0.05) is 25.7 Å². The summed E-state index contributed by atoms with van der Waals surface area (Å²) in [6, 6.07) is 0.729. The number of rotatable bonds is 6. The number of unbranched alkanes of at least 4 members (excludes halogenated alkanes) is 1. The van der Waals surface area contributed by atoms with Crippen LogP contribution >= 0.6 is 0 Å². The lowest BCUT2D eigenvalue weighted by molar-refractivity contribution is 0.192. The Morgan fingerprint density at radius 3 is 2.80 bits per heavy atom. The molecular weight excluding hydrogens is 186 g/mol. The van der Waals surface area contributed by atoms with Crippen molar-refractivity contribution in [2.75, 3.05) is 46.8 Å². The SMILES string of the molecule is CCC1CN(CCCCN(C)C)CCN1. The largest absolute Gasteiger partial charge is 0.311 e. The molecule has 0 aromatic carbocycles. The third-order valence-electron chi connectivity index (χ3n) is 3.16. The van der Waals surface area contributed by atoms with Crippen LogP contribution in [0.2, 0.25) is 0 Å². The molecule has 90 valence electrons. The first kappa shape index (κ1) is 12.9. The van der Waals surface area contributed by atoms with Gasteiger partial charge in [0.2, 0.25) is 0 Å². The highest BCUT2D eigenvalue weighted by atomic mass is 15.2. The van der Waals surface area contributed by atoms with Crippen LogP contribution in [0.15, 0.2) is 0 Å². The second kappa shape index (κ2) is 7.20. The predicted molar refractivity (Wildman–Crippen MR) is 66.3 cm³/mol. The van der Waals surface area contributed by atoms with Gasteiger partial charge in [-0.05, 0) is 46.4 Å². The average molecular weight is 213 g/mol. The van der Waals surface area contributed by atoms with E-state index in [2.05, 4.69) is 36.1 Å². The summed E-state index contributed by atoms with van der Waals surface area (Å²) in [5, 5.41) is 3.56. The Hall–Kier alpha value is -0.120. The van der Waals surface area contributed by atoms with Gasteiger partial charge in [0.05, 0.1) is 0 Å². The van der Waals surface area contributed by atoms with Gasteiger partial charge in [0.15, 0.2) is 0 Å². The number of hydrogen-bond donors (Lipinski definition) is 1. The smallest absolute Gasteiger partial charge is 0.0192 e. The van der Waals surface area contributed by atoms with E-state index in [0.29, 0.717) is 0 Å². The van der Waals surface area contributed by atoms with Gasteiger partial charge in [0.25, 0.3) is 0 Å². The summed E-state index contributed by atoms with van der Waals surface area (Å²) < 4.78 is 0. The van der Waals surface area contributed by atoms with Crippen LogP contribution < -0.4 is 5.32 Å². The molecule has 3 heteroatoms. The van der Waals surface area contributed by atoms with E-state index in [1.165, 1.54) is 52.0 Å². The third kappa shape index (κ3) is 5.50. The van der Waals surface area contributed by atoms with Gasteiger partial charge < -0.3 is 15.1 Å². The molecule has 1 fully saturated rings. The van der Waals surface area contributed by atoms with Gasteiger partial charge in [-0.3, -0.25) is 0 Å². The molecule has 1 saturated heterocycles. The summed E-state index contributed by atoms with van der Waals surface area (Å²) in [4.78, 5) is 4.88. The Morgan fingerprint density at radius 2 is 2.13 bits per heavy atom. The summed E-state index contributed by atoms with van der Waals surface area (Å²) in [6.45, 7) is 8.44. The van der Waals surface area contributed by atoms with E-state index >= 15 is 0 Å². The molecule has 3 nitrogen and oxygen atoms in total. The second-order valence-corrected chi connectivity index (χ2v) is 4.87. The van der Waals surface area contributed by atoms with Crippen molar-refractivity contribution < 1.29 is 0 Å². The molecular formula is C12H27N3. The molecule has 0 amide bonds. The summed E-state index contributed by atoms with van der Waals surface area (Å²) in [7, 11) is 4.30. The topological polar surface area (TPSA) is 18.5 Å². The fourth-order valence-corrected chi connectivity index (χ4v) is 2.13. The highest BCUT2D eigenvalue weighted by Gasteiger charge is 2.16. The summed E-state index contributed by atoms with van der Waals surface area (Å²) in [5.41, 5.74) is 0. The first-order chi connectivity index (χ1) is 7.22. The van der Waals surface area contributed by atoms with Crippen LogP contribution in [0.3, 0.4) is 0 Å². The molecule has 15 heavy (non-hydrogen) atoms. The number of nitrogens with one attached hydrogen (secondary N) is 1. The number of nitrogens with zero attached hydrogens (tertiary/aromatic N) is 2. The van der Waals surface area contributed by atoms with Crippen molar-refractivity contribution in [3.63, 3.8) is 0 Å². The maximum Gasteiger partial charge on any atom is 0.0192 e. The molecule has 0 aromatic heterocycles. The van der Waals surface area contributed by atoms with Crippen LogP contribution in [0.4, 0.5) is 0 Å². The van der Waals surface area contributed by atoms with E-state index in [0.717, 1.165) is 6.04 Å². The lowest BCUT2D eigenvalue weighted by Gasteiger charge is -2.33. The fraction of sp³-hybridized carbons (Fsp3) is 1.00. The quantitative estimate of drug-likeness (QED) is 0.664. The van der Waals surface area contributed by atoms with E-state index in [4.69, 9.17) is 0 Å². The van der Waals surface area contributed by atoms with Gasteiger partial charge in [-0.2, -0.15) is 0 Å². The monoisotopic (exact) mass is 213 g/mol. The molecule has 0 saturated carbocycles. The van der Waals surface area contributed by atoms with E-state index in [1.807, 2.05) is 0 Å². The number of hydrogen-bond acceptors (Lipinski definition) is 3. The molecule has 1 rings (SSSR count). The Morgan fingerprint density at radius 1 is 1.33 bits per heavy atom. The molecule has 1 atom stereocenters. The summed E-state index contributed by atoms with van der Waals surface area (Å²) in [5.74, 6) is 0. The van der Waals surface area contributed by atoms with Gasteiger partial charge in [-0.1, -0.05) is 6.92 Å². The van der Waals surface area contributed by atoms with Crippen molar-refractivity contribution in [2.24, 2.45) is 0 Å². The third-order valence-corrected chi connectivity index (χ3v) is 3.16. The zero-order chi connectivity index (χ0) is 11.1. The van der Waals surface area contributed by atoms with Crippen molar-refractivity contribution >= 4 is 0 Å². The fourth-order valence-electron chi connectivity index (χ4n) is 2.13. The Bertz CT molecular complexity index is 159. The Labute approximate surface area is 94.8 Å². The van der Waals surface area contributed by atoms with E-state index < -0.39 is 0 Å². The zero-order valence-corrected chi connectivity index (χ0v) is 10.6. The van der Waals surface area contributed by atoms with Crippen LogP contribution in [-0.2, 0) is 0 Å². The summed E-state index contributed by atoms with van der Waals surface area (Å²) in [6.07, 6.45) is 3.93. The average Bonchev–Trinajstić information content (AvgIpc) is 2.24. The minimum absolute atomic E-state index is 0.729. The highest BCUT2D eigenvalue weighted by Crippen LogP contribution is 2.04. The molecule has 0 bridgehead atoms. The maximum absolute atomic E-state index is 3.56. The van der Waals surface area contributed by atoms with E-state index in [9.17, 15) is 0 Å². The molecule has 0 aliphatic carbocycles. The molecule has 0 aromatic rings. The van der Waals surface area contributed by atoms with Crippen molar-refractivity contribution in [2.45, 2.75) is 32.2 Å². The van der Waals surface area contributed by atoms with Crippen LogP contribution in [0.25, 0.3) is 0 Å². The van der Waals surface area contributed by atoms with E-state index in [-0.39, 0.29) is 0 Å². The molecule has 1 unspecified atom stereocenters. The van der Waals surface area contributed by atoms with E-state index in [1.54, 1.807) is 0 Å². The predicted octanol–water partition coefficient (Wildman–Crippen LogP) is 1.01. The van der Waals surface area contributed by atoms with Crippen LogP contribution in [0, 0.1) is 0 Å². The van der Waals surface area contributed by atoms with Gasteiger partial charge in [0.1, 0.15) is 0 Å².